The van der Waals surface area contributed by atoms with Crippen LogP contribution in [0.4, 0.5) is 0 Å². The molecule has 3 heterocycles. The van der Waals surface area contributed by atoms with Crippen LogP contribution in [-0.2, 0) is 0 Å². The summed E-state index contributed by atoms with van der Waals surface area (Å²) in [5.74, 6) is 1.83. The normalized spacial score (nSPS) is 11.6. The molecule has 56 heavy (non-hydrogen) atoms. The molecular weight excluding hydrogens is 685 g/mol. The largest absolute Gasteiger partial charge is 0.456 e. The number of rotatable bonds is 6. The van der Waals surface area contributed by atoms with Crippen molar-refractivity contribution < 1.29 is 4.42 Å². The zero-order chi connectivity index (χ0) is 37.0. The Morgan fingerprint density at radius 2 is 0.929 bits per heavy atom. The molecule has 11 rings (SSSR count). The summed E-state index contributed by atoms with van der Waals surface area (Å²) in [6.07, 6.45) is 0. The molecule has 8 aromatic carbocycles. The number of hydrogen-bond donors (Lipinski definition) is 0. The van der Waals surface area contributed by atoms with Crippen LogP contribution in [0.25, 0.3) is 106 Å². The first kappa shape index (κ1) is 31.9. The lowest BCUT2D eigenvalue weighted by Crippen LogP contribution is -2.00. The fourth-order valence-corrected chi connectivity index (χ4v) is 8.01. The molecule has 5 heteroatoms. The third kappa shape index (κ3) is 5.37. The predicted octanol–water partition coefficient (Wildman–Crippen LogP) is 13.2. The summed E-state index contributed by atoms with van der Waals surface area (Å²) in [6, 6.07) is 67.4. The van der Waals surface area contributed by atoms with Crippen molar-refractivity contribution in [3.63, 3.8) is 0 Å². The molecule has 262 valence electrons. The van der Waals surface area contributed by atoms with Crippen molar-refractivity contribution in [3.8, 4) is 62.1 Å². The summed E-state index contributed by atoms with van der Waals surface area (Å²) in [5, 5.41) is 4.42. The standard InChI is InChI=1S/C51H32N4O/c1-4-14-33(15-5-1)35-18-12-19-38(30-35)50-52-49(34-16-6-2-7-17-34)53-51(54-50)42-23-13-25-46-48(42)41-28-26-37(32-47(41)56-46)36-27-29-45-43(31-36)40-22-10-11-24-44(40)55(45)39-20-8-3-9-21-39/h1-32H. The van der Waals surface area contributed by atoms with Crippen LogP contribution in [0.1, 0.15) is 0 Å². The molecule has 0 radical (unpaired) electrons. The van der Waals surface area contributed by atoms with Crippen LogP contribution < -0.4 is 0 Å². The Balaban J connectivity index is 1.05. The fourth-order valence-electron chi connectivity index (χ4n) is 8.01. The van der Waals surface area contributed by atoms with E-state index in [4.69, 9.17) is 19.4 Å². The first-order chi connectivity index (χ1) is 27.7. The van der Waals surface area contributed by atoms with E-state index in [2.05, 4.69) is 150 Å². The van der Waals surface area contributed by atoms with Crippen molar-refractivity contribution in [2.75, 3.05) is 0 Å². The molecule has 0 bridgehead atoms. The summed E-state index contributed by atoms with van der Waals surface area (Å²) in [5.41, 5.74) is 12.3. The molecule has 0 saturated heterocycles. The van der Waals surface area contributed by atoms with Crippen molar-refractivity contribution >= 4 is 43.7 Å². The van der Waals surface area contributed by atoms with Gasteiger partial charge in [0.1, 0.15) is 11.2 Å². The summed E-state index contributed by atoms with van der Waals surface area (Å²) in [6.45, 7) is 0. The summed E-state index contributed by atoms with van der Waals surface area (Å²) in [7, 11) is 0. The van der Waals surface area contributed by atoms with Gasteiger partial charge in [0.05, 0.1) is 11.0 Å². The van der Waals surface area contributed by atoms with Crippen LogP contribution in [0.2, 0.25) is 0 Å². The Bertz CT molecular complexity index is 3240. The second-order valence-corrected chi connectivity index (χ2v) is 14.0. The second-order valence-electron chi connectivity index (χ2n) is 14.0. The van der Waals surface area contributed by atoms with E-state index in [1.54, 1.807) is 0 Å². The smallest absolute Gasteiger partial charge is 0.164 e. The van der Waals surface area contributed by atoms with Gasteiger partial charge in [-0.2, -0.15) is 0 Å². The quantitative estimate of drug-likeness (QED) is 0.172. The van der Waals surface area contributed by atoms with E-state index in [0.29, 0.717) is 17.5 Å². The zero-order valence-corrected chi connectivity index (χ0v) is 30.2. The van der Waals surface area contributed by atoms with Gasteiger partial charge in [0, 0.05) is 43.9 Å². The van der Waals surface area contributed by atoms with Crippen LogP contribution in [0.3, 0.4) is 0 Å². The highest BCUT2D eigenvalue weighted by atomic mass is 16.3. The molecule has 0 aliphatic rings. The summed E-state index contributed by atoms with van der Waals surface area (Å²) in [4.78, 5) is 15.3. The van der Waals surface area contributed by atoms with E-state index in [-0.39, 0.29) is 0 Å². The number of furan rings is 1. The van der Waals surface area contributed by atoms with Gasteiger partial charge >= 0.3 is 0 Å². The molecule has 5 nitrogen and oxygen atoms in total. The average Bonchev–Trinajstić information content (AvgIpc) is 3.82. The Labute approximate surface area is 322 Å². The number of benzene rings is 8. The van der Waals surface area contributed by atoms with E-state index in [1.165, 1.54) is 21.8 Å². The van der Waals surface area contributed by atoms with Gasteiger partial charge in [-0.25, -0.2) is 15.0 Å². The molecule has 0 unspecified atom stereocenters. The molecule has 0 N–H and O–H groups in total. The lowest BCUT2D eigenvalue weighted by atomic mass is 10.00. The van der Waals surface area contributed by atoms with Crippen LogP contribution in [0.5, 0.6) is 0 Å². The molecule has 3 aromatic heterocycles. The maximum atomic E-state index is 6.62. The number of aromatic nitrogens is 4. The molecule has 0 aliphatic heterocycles. The van der Waals surface area contributed by atoms with Crippen LogP contribution >= 0.6 is 0 Å². The van der Waals surface area contributed by atoms with Crippen LogP contribution in [0, 0.1) is 0 Å². The Kier molecular flexibility index (Phi) is 7.42. The van der Waals surface area contributed by atoms with Gasteiger partial charge in [0.2, 0.25) is 0 Å². The third-order valence-corrected chi connectivity index (χ3v) is 10.7. The molecule has 0 aliphatic carbocycles. The summed E-state index contributed by atoms with van der Waals surface area (Å²) >= 11 is 0. The van der Waals surface area contributed by atoms with Crippen molar-refractivity contribution in [3.05, 3.63) is 194 Å². The first-order valence-electron chi connectivity index (χ1n) is 18.8. The van der Waals surface area contributed by atoms with Gasteiger partial charge < -0.3 is 8.98 Å². The average molecular weight is 717 g/mol. The highest BCUT2D eigenvalue weighted by Crippen LogP contribution is 2.40. The molecular formula is C51H32N4O. The molecule has 0 spiro atoms. The van der Waals surface area contributed by atoms with E-state index < -0.39 is 0 Å². The van der Waals surface area contributed by atoms with Gasteiger partial charge in [-0.05, 0) is 76.9 Å². The van der Waals surface area contributed by atoms with Crippen LogP contribution in [0.15, 0.2) is 199 Å². The first-order valence-corrected chi connectivity index (χ1v) is 18.8. The predicted molar refractivity (Wildman–Crippen MR) is 229 cm³/mol. The lowest BCUT2D eigenvalue weighted by Gasteiger charge is -2.10. The SMILES string of the molecule is c1ccc(-c2cccc(-c3nc(-c4ccccc4)nc(-c4cccc5oc6cc(-c7ccc8c(c7)c7ccccc7n8-c7ccccc7)ccc6c45)n3)c2)cc1. The van der Waals surface area contributed by atoms with Gasteiger partial charge in [0.15, 0.2) is 17.5 Å². The van der Waals surface area contributed by atoms with Gasteiger partial charge in [0.25, 0.3) is 0 Å². The third-order valence-electron chi connectivity index (χ3n) is 10.7. The zero-order valence-electron chi connectivity index (χ0n) is 30.2. The van der Waals surface area contributed by atoms with Crippen molar-refractivity contribution in [2.24, 2.45) is 0 Å². The van der Waals surface area contributed by atoms with Crippen molar-refractivity contribution in [2.45, 2.75) is 0 Å². The van der Waals surface area contributed by atoms with Gasteiger partial charge in [-0.15, -0.1) is 0 Å². The number of para-hydroxylation sites is 2. The topological polar surface area (TPSA) is 56.7 Å². The number of hydrogen-bond acceptors (Lipinski definition) is 4. The molecule has 0 fully saturated rings. The minimum Gasteiger partial charge on any atom is -0.456 e. The van der Waals surface area contributed by atoms with Gasteiger partial charge in [-0.1, -0.05) is 140 Å². The van der Waals surface area contributed by atoms with Crippen molar-refractivity contribution in [1.29, 1.82) is 0 Å². The van der Waals surface area contributed by atoms with Crippen molar-refractivity contribution in [1.82, 2.24) is 19.5 Å². The maximum Gasteiger partial charge on any atom is 0.164 e. The number of nitrogens with zero attached hydrogens (tertiary/aromatic N) is 4. The minimum absolute atomic E-state index is 0.594. The second kappa shape index (κ2) is 13.0. The van der Waals surface area contributed by atoms with E-state index in [9.17, 15) is 0 Å². The highest BCUT2D eigenvalue weighted by Gasteiger charge is 2.19. The highest BCUT2D eigenvalue weighted by molar-refractivity contribution is 6.13. The van der Waals surface area contributed by atoms with E-state index in [1.807, 2.05) is 48.5 Å². The molecule has 0 atom stereocenters. The molecule has 0 saturated carbocycles. The van der Waals surface area contributed by atoms with Gasteiger partial charge in [-0.3, -0.25) is 0 Å². The van der Waals surface area contributed by atoms with E-state index >= 15 is 0 Å². The van der Waals surface area contributed by atoms with Crippen LogP contribution in [-0.4, -0.2) is 19.5 Å². The fraction of sp³-hybridized carbons (Fsp3) is 0. The molecule has 11 aromatic rings. The Morgan fingerprint density at radius 3 is 1.75 bits per heavy atom. The monoisotopic (exact) mass is 716 g/mol. The maximum absolute atomic E-state index is 6.62. The minimum atomic E-state index is 0.594. The lowest BCUT2D eigenvalue weighted by molar-refractivity contribution is 0.669. The Hall–Kier alpha value is -7.63. The van der Waals surface area contributed by atoms with E-state index in [0.717, 1.165) is 66.6 Å². The molecule has 0 amide bonds. The summed E-state index contributed by atoms with van der Waals surface area (Å²) < 4.78 is 8.96. The number of fused-ring (bicyclic) bond motifs is 6. The Morgan fingerprint density at radius 1 is 0.339 bits per heavy atom.